The zero-order valence-corrected chi connectivity index (χ0v) is 15.2. The minimum Gasteiger partial charge on any atom is -0.317 e. The predicted octanol–water partition coefficient (Wildman–Crippen LogP) is 0.669. The zero-order chi connectivity index (χ0) is 19.0. The Labute approximate surface area is 156 Å². The van der Waals surface area contributed by atoms with E-state index in [1.165, 1.54) is 4.57 Å². The standard InChI is InChI=1S/C20H22N4O3/c1-23-18-14(6-5-13-9-11-21-12-10-13)3-2-4-15(18)24(20(23)27)16-7-8-17(25)22-19(16)26/h2-4,13,16,21H,7-12H2,1H3,(H,22,25,26). The highest BCUT2D eigenvalue weighted by atomic mass is 16.2. The van der Waals surface area contributed by atoms with Gasteiger partial charge in [-0.25, -0.2) is 4.79 Å². The van der Waals surface area contributed by atoms with Crippen molar-refractivity contribution in [3.05, 3.63) is 34.2 Å². The number of carbonyl (C=O) groups is 2. The Balaban J connectivity index is 1.78. The highest BCUT2D eigenvalue weighted by Gasteiger charge is 2.31. The number of nitrogens with one attached hydrogen (secondary N) is 2. The third kappa shape index (κ3) is 3.17. The molecule has 27 heavy (non-hydrogen) atoms. The van der Waals surface area contributed by atoms with Gasteiger partial charge in [0.25, 0.3) is 0 Å². The molecular formula is C20H22N4O3. The molecule has 1 atom stereocenters. The number of nitrogens with zero attached hydrogens (tertiary/aromatic N) is 2. The lowest BCUT2D eigenvalue weighted by atomic mass is 9.98. The molecule has 2 aromatic rings. The highest BCUT2D eigenvalue weighted by molar-refractivity contribution is 6.00. The van der Waals surface area contributed by atoms with Crippen molar-refractivity contribution in [2.45, 2.75) is 31.7 Å². The van der Waals surface area contributed by atoms with Crippen molar-refractivity contribution in [2.75, 3.05) is 13.1 Å². The van der Waals surface area contributed by atoms with Crippen LogP contribution in [0.25, 0.3) is 11.0 Å². The number of carbonyl (C=O) groups excluding carboxylic acids is 2. The smallest absolute Gasteiger partial charge is 0.317 e. The molecule has 0 spiro atoms. The SMILES string of the molecule is Cn1c(=O)n(C2CCC(=O)NC2=O)c2cccc(C#CC3CCNCC3)c21. The van der Waals surface area contributed by atoms with E-state index >= 15 is 0 Å². The van der Waals surface area contributed by atoms with E-state index in [1.807, 2.05) is 18.2 Å². The zero-order valence-electron chi connectivity index (χ0n) is 15.2. The molecule has 2 aliphatic rings. The first-order valence-corrected chi connectivity index (χ1v) is 9.32. The summed E-state index contributed by atoms with van der Waals surface area (Å²) >= 11 is 0. The monoisotopic (exact) mass is 366 g/mol. The van der Waals surface area contributed by atoms with Crippen LogP contribution in [0.1, 0.15) is 37.3 Å². The Bertz CT molecular complexity index is 1030. The molecule has 0 bridgehead atoms. The van der Waals surface area contributed by atoms with Gasteiger partial charge in [0, 0.05) is 19.4 Å². The van der Waals surface area contributed by atoms with Gasteiger partial charge in [0.15, 0.2) is 0 Å². The molecule has 2 aliphatic heterocycles. The number of imidazole rings is 1. The van der Waals surface area contributed by atoms with E-state index in [9.17, 15) is 14.4 Å². The third-order valence-electron chi connectivity index (χ3n) is 5.37. The van der Waals surface area contributed by atoms with Crippen molar-refractivity contribution < 1.29 is 9.59 Å². The Morgan fingerprint density at radius 1 is 1.11 bits per heavy atom. The fourth-order valence-corrected chi connectivity index (χ4v) is 3.92. The molecule has 0 radical (unpaired) electrons. The Kier molecular flexibility index (Phi) is 4.58. The molecule has 2 N–H and O–H groups in total. The van der Waals surface area contributed by atoms with E-state index in [0.717, 1.165) is 37.0 Å². The van der Waals surface area contributed by atoms with Gasteiger partial charge in [-0.15, -0.1) is 0 Å². The van der Waals surface area contributed by atoms with Crippen molar-refractivity contribution in [3.8, 4) is 11.8 Å². The second kappa shape index (κ2) is 7.05. The lowest BCUT2D eigenvalue weighted by Gasteiger charge is -2.21. The summed E-state index contributed by atoms with van der Waals surface area (Å²) in [6.45, 7) is 1.96. The van der Waals surface area contributed by atoms with Crippen LogP contribution in [0.3, 0.4) is 0 Å². The number of rotatable bonds is 1. The predicted molar refractivity (Wildman–Crippen MR) is 101 cm³/mol. The Morgan fingerprint density at radius 2 is 1.89 bits per heavy atom. The first-order chi connectivity index (χ1) is 13.1. The lowest BCUT2D eigenvalue weighted by Crippen LogP contribution is -2.44. The summed E-state index contributed by atoms with van der Waals surface area (Å²) in [5, 5.41) is 5.66. The summed E-state index contributed by atoms with van der Waals surface area (Å²) < 4.78 is 3.04. The van der Waals surface area contributed by atoms with Gasteiger partial charge in [-0.2, -0.15) is 0 Å². The molecule has 4 rings (SSSR count). The molecule has 7 heteroatoms. The quantitative estimate of drug-likeness (QED) is 0.574. The van der Waals surface area contributed by atoms with Crippen molar-refractivity contribution >= 4 is 22.8 Å². The molecule has 0 aliphatic carbocycles. The lowest BCUT2D eigenvalue weighted by molar-refractivity contribution is -0.135. The average Bonchev–Trinajstić information content (AvgIpc) is 2.93. The summed E-state index contributed by atoms with van der Waals surface area (Å²) in [6.07, 6.45) is 2.61. The van der Waals surface area contributed by atoms with Gasteiger partial charge in [0.1, 0.15) is 6.04 Å². The first-order valence-electron chi connectivity index (χ1n) is 9.32. The maximum Gasteiger partial charge on any atom is 0.329 e. The number of fused-ring (bicyclic) bond motifs is 1. The summed E-state index contributed by atoms with van der Waals surface area (Å²) in [5.74, 6) is 6.24. The van der Waals surface area contributed by atoms with E-state index in [1.54, 1.807) is 11.6 Å². The van der Waals surface area contributed by atoms with Crippen LogP contribution in [0.5, 0.6) is 0 Å². The van der Waals surface area contributed by atoms with Crippen molar-refractivity contribution in [2.24, 2.45) is 13.0 Å². The summed E-state index contributed by atoms with van der Waals surface area (Å²) in [4.78, 5) is 36.6. The average molecular weight is 366 g/mol. The van der Waals surface area contributed by atoms with Crippen LogP contribution in [0.15, 0.2) is 23.0 Å². The van der Waals surface area contributed by atoms with E-state index in [0.29, 0.717) is 17.9 Å². The van der Waals surface area contributed by atoms with Gasteiger partial charge in [0.2, 0.25) is 11.8 Å². The molecule has 2 fully saturated rings. The molecule has 3 heterocycles. The van der Waals surface area contributed by atoms with Crippen LogP contribution < -0.4 is 16.3 Å². The number of benzene rings is 1. The number of amides is 2. The molecule has 1 aromatic carbocycles. The topological polar surface area (TPSA) is 85.1 Å². The molecular weight excluding hydrogens is 344 g/mol. The van der Waals surface area contributed by atoms with Crippen LogP contribution in [0, 0.1) is 17.8 Å². The number of hydrogen-bond donors (Lipinski definition) is 2. The molecule has 2 amide bonds. The molecule has 7 nitrogen and oxygen atoms in total. The minimum absolute atomic E-state index is 0.231. The van der Waals surface area contributed by atoms with Crippen LogP contribution in [-0.4, -0.2) is 34.0 Å². The maximum absolute atomic E-state index is 12.9. The van der Waals surface area contributed by atoms with Gasteiger partial charge in [-0.3, -0.25) is 24.0 Å². The van der Waals surface area contributed by atoms with Gasteiger partial charge >= 0.3 is 5.69 Å². The van der Waals surface area contributed by atoms with Gasteiger partial charge in [-0.05, 0) is 44.5 Å². The van der Waals surface area contributed by atoms with Crippen molar-refractivity contribution in [1.29, 1.82) is 0 Å². The van der Waals surface area contributed by atoms with Crippen LogP contribution in [0.2, 0.25) is 0 Å². The van der Waals surface area contributed by atoms with Gasteiger partial charge in [0.05, 0.1) is 16.6 Å². The van der Waals surface area contributed by atoms with Gasteiger partial charge < -0.3 is 5.32 Å². The van der Waals surface area contributed by atoms with Crippen molar-refractivity contribution in [1.82, 2.24) is 19.8 Å². The minimum atomic E-state index is -0.675. The summed E-state index contributed by atoms with van der Waals surface area (Å²) in [6, 6.07) is 4.92. The Morgan fingerprint density at radius 3 is 2.63 bits per heavy atom. The maximum atomic E-state index is 12.9. The van der Waals surface area contributed by atoms with Crippen LogP contribution in [-0.2, 0) is 16.6 Å². The second-order valence-electron chi connectivity index (χ2n) is 7.15. The van der Waals surface area contributed by atoms with E-state index in [-0.39, 0.29) is 18.0 Å². The van der Waals surface area contributed by atoms with Crippen molar-refractivity contribution in [3.63, 3.8) is 0 Å². The number of hydrogen-bond acceptors (Lipinski definition) is 4. The first kappa shape index (κ1) is 17.6. The van der Waals surface area contributed by atoms with Crippen LogP contribution >= 0.6 is 0 Å². The second-order valence-corrected chi connectivity index (χ2v) is 7.15. The molecule has 2 saturated heterocycles. The molecule has 1 aromatic heterocycles. The largest absolute Gasteiger partial charge is 0.329 e. The number of aryl methyl sites for hydroxylation is 1. The van der Waals surface area contributed by atoms with Crippen LogP contribution in [0.4, 0.5) is 0 Å². The van der Waals surface area contributed by atoms with E-state index in [2.05, 4.69) is 22.5 Å². The molecule has 1 unspecified atom stereocenters. The number of piperidine rings is 2. The fraction of sp³-hybridized carbons (Fsp3) is 0.450. The fourth-order valence-electron chi connectivity index (χ4n) is 3.92. The number of aromatic nitrogens is 2. The van der Waals surface area contributed by atoms with E-state index in [4.69, 9.17) is 0 Å². The summed E-state index contributed by atoms with van der Waals surface area (Å²) in [5.41, 5.74) is 1.93. The number of para-hydroxylation sites is 1. The molecule has 140 valence electrons. The van der Waals surface area contributed by atoms with E-state index < -0.39 is 11.9 Å². The summed E-state index contributed by atoms with van der Waals surface area (Å²) in [7, 11) is 1.70. The molecule has 0 saturated carbocycles. The normalized spacial score (nSPS) is 21.0. The highest BCUT2D eigenvalue weighted by Crippen LogP contribution is 2.24. The van der Waals surface area contributed by atoms with Gasteiger partial charge in [-0.1, -0.05) is 17.9 Å². The third-order valence-corrected chi connectivity index (χ3v) is 5.37. The Hall–Kier alpha value is -2.85. The number of imide groups is 1.